The third-order valence-electron chi connectivity index (χ3n) is 2.92. The van der Waals surface area contributed by atoms with Gasteiger partial charge in [0.1, 0.15) is 0 Å². The molecule has 0 fully saturated rings. The summed E-state index contributed by atoms with van der Waals surface area (Å²) >= 11 is 0. The molecule has 0 unspecified atom stereocenters. The van der Waals surface area contributed by atoms with Crippen LogP contribution in [0.25, 0.3) is 0 Å². The number of aryl methyl sites for hydroxylation is 3. The van der Waals surface area contributed by atoms with Gasteiger partial charge in [-0.3, -0.25) is 4.98 Å². The minimum Gasteiger partial charge on any atom is -0.397 e. The molecule has 0 atom stereocenters. The minimum atomic E-state index is 0.641. The van der Waals surface area contributed by atoms with Gasteiger partial charge in [-0.2, -0.15) is 0 Å². The number of hydrogen-bond acceptors (Lipinski definition) is 3. The van der Waals surface area contributed by atoms with E-state index in [1.807, 2.05) is 30.5 Å². The normalized spacial score (nSPS) is 10.4. The lowest BCUT2D eigenvalue weighted by molar-refractivity contribution is 0.901. The van der Waals surface area contributed by atoms with E-state index in [1.54, 1.807) is 0 Å². The molecule has 0 saturated heterocycles. The van der Waals surface area contributed by atoms with Gasteiger partial charge >= 0.3 is 0 Å². The summed E-state index contributed by atoms with van der Waals surface area (Å²) in [5.41, 5.74) is 16.3. The van der Waals surface area contributed by atoms with Crippen molar-refractivity contribution in [3.05, 3.63) is 53.3 Å². The maximum atomic E-state index is 5.78. The number of rotatable bonds is 3. The van der Waals surface area contributed by atoms with E-state index >= 15 is 0 Å². The van der Waals surface area contributed by atoms with Crippen LogP contribution in [-0.2, 0) is 12.8 Å². The minimum absolute atomic E-state index is 0.641. The molecule has 0 aliphatic heterocycles. The predicted octanol–water partition coefficient (Wildman–Crippen LogP) is 2.34. The fourth-order valence-corrected chi connectivity index (χ4v) is 1.82. The van der Waals surface area contributed by atoms with Crippen LogP contribution >= 0.6 is 0 Å². The van der Waals surface area contributed by atoms with Gasteiger partial charge in [0.2, 0.25) is 0 Å². The van der Waals surface area contributed by atoms with Crippen LogP contribution in [0.3, 0.4) is 0 Å². The van der Waals surface area contributed by atoms with E-state index in [4.69, 9.17) is 11.5 Å². The number of hydrogen-bond donors (Lipinski definition) is 2. The monoisotopic (exact) mass is 227 g/mol. The van der Waals surface area contributed by atoms with Crippen molar-refractivity contribution in [2.45, 2.75) is 19.8 Å². The molecule has 0 bridgehead atoms. The SMILES string of the molecule is Cc1cccnc1CCc1ccc(N)c(N)c1. The molecule has 2 rings (SSSR count). The molecule has 1 heterocycles. The first-order valence-corrected chi connectivity index (χ1v) is 5.71. The highest BCUT2D eigenvalue weighted by molar-refractivity contribution is 5.63. The Morgan fingerprint density at radius 2 is 1.88 bits per heavy atom. The van der Waals surface area contributed by atoms with Crippen LogP contribution in [0.5, 0.6) is 0 Å². The summed E-state index contributed by atoms with van der Waals surface area (Å²) in [5.74, 6) is 0. The van der Waals surface area contributed by atoms with Crippen molar-refractivity contribution in [2.24, 2.45) is 0 Å². The summed E-state index contributed by atoms with van der Waals surface area (Å²) < 4.78 is 0. The second-order valence-corrected chi connectivity index (χ2v) is 4.23. The lowest BCUT2D eigenvalue weighted by atomic mass is 10.0. The molecule has 3 nitrogen and oxygen atoms in total. The molecule has 2 aromatic rings. The molecule has 0 saturated carbocycles. The van der Waals surface area contributed by atoms with Gasteiger partial charge in [0, 0.05) is 11.9 Å². The highest BCUT2D eigenvalue weighted by Crippen LogP contribution is 2.17. The molecule has 4 N–H and O–H groups in total. The lowest BCUT2D eigenvalue weighted by Crippen LogP contribution is -1.99. The van der Waals surface area contributed by atoms with Gasteiger partial charge in [0.15, 0.2) is 0 Å². The van der Waals surface area contributed by atoms with Crippen LogP contribution in [0, 0.1) is 6.92 Å². The highest BCUT2D eigenvalue weighted by Gasteiger charge is 2.01. The fourth-order valence-electron chi connectivity index (χ4n) is 1.82. The topological polar surface area (TPSA) is 64.9 Å². The Morgan fingerprint density at radius 3 is 2.59 bits per heavy atom. The zero-order valence-corrected chi connectivity index (χ0v) is 9.98. The summed E-state index contributed by atoms with van der Waals surface area (Å²) in [7, 11) is 0. The van der Waals surface area contributed by atoms with Crippen molar-refractivity contribution in [3.8, 4) is 0 Å². The lowest BCUT2D eigenvalue weighted by Gasteiger charge is -2.06. The van der Waals surface area contributed by atoms with E-state index in [0.29, 0.717) is 11.4 Å². The maximum absolute atomic E-state index is 5.78. The molecule has 0 amide bonds. The van der Waals surface area contributed by atoms with Crippen molar-refractivity contribution in [2.75, 3.05) is 11.5 Å². The van der Waals surface area contributed by atoms with E-state index in [1.165, 1.54) is 11.1 Å². The van der Waals surface area contributed by atoms with Crippen LogP contribution in [0.4, 0.5) is 11.4 Å². The van der Waals surface area contributed by atoms with Gasteiger partial charge in [0.25, 0.3) is 0 Å². The standard InChI is InChI=1S/C14H17N3/c1-10-3-2-8-17-14(10)7-5-11-4-6-12(15)13(16)9-11/h2-4,6,8-9H,5,7,15-16H2,1H3. The molecule has 0 spiro atoms. The average molecular weight is 227 g/mol. The Hall–Kier alpha value is -2.03. The molecule has 0 aliphatic carbocycles. The van der Waals surface area contributed by atoms with Gasteiger partial charge in [-0.05, 0) is 49.1 Å². The number of aromatic nitrogens is 1. The maximum Gasteiger partial charge on any atom is 0.0550 e. The van der Waals surface area contributed by atoms with Crippen molar-refractivity contribution in [3.63, 3.8) is 0 Å². The first kappa shape index (κ1) is 11.5. The molecule has 0 radical (unpaired) electrons. The van der Waals surface area contributed by atoms with Crippen LogP contribution < -0.4 is 11.5 Å². The van der Waals surface area contributed by atoms with Crippen molar-refractivity contribution in [1.29, 1.82) is 0 Å². The average Bonchev–Trinajstić information content (AvgIpc) is 2.32. The van der Waals surface area contributed by atoms with Crippen molar-refractivity contribution < 1.29 is 0 Å². The first-order valence-electron chi connectivity index (χ1n) is 5.71. The number of anilines is 2. The molecule has 17 heavy (non-hydrogen) atoms. The third-order valence-corrected chi connectivity index (χ3v) is 2.92. The molecular formula is C14H17N3. The molecule has 3 heteroatoms. The summed E-state index contributed by atoms with van der Waals surface area (Å²) in [6.45, 7) is 2.08. The Labute approximate surface area is 101 Å². The Bertz CT molecular complexity index is 521. The van der Waals surface area contributed by atoms with Gasteiger partial charge in [-0.25, -0.2) is 0 Å². The fraction of sp³-hybridized carbons (Fsp3) is 0.214. The van der Waals surface area contributed by atoms with E-state index < -0.39 is 0 Å². The molecule has 1 aromatic carbocycles. The molecule has 1 aromatic heterocycles. The van der Waals surface area contributed by atoms with E-state index in [-0.39, 0.29) is 0 Å². The Morgan fingerprint density at radius 1 is 1.06 bits per heavy atom. The summed E-state index contributed by atoms with van der Waals surface area (Å²) in [6, 6.07) is 9.85. The van der Waals surface area contributed by atoms with Gasteiger partial charge in [0.05, 0.1) is 11.4 Å². The smallest absolute Gasteiger partial charge is 0.0550 e. The molecule has 88 valence electrons. The van der Waals surface area contributed by atoms with Gasteiger partial charge in [-0.15, -0.1) is 0 Å². The number of nitrogens with two attached hydrogens (primary N) is 2. The number of benzene rings is 1. The van der Waals surface area contributed by atoms with Gasteiger partial charge < -0.3 is 11.5 Å². The second-order valence-electron chi connectivity index (χ2n) is 4.23. The largest absolute Gasteiger partial charge is 0.397 e. The predicted molar refractivity (Wildman–Crippen MR) is 71.6 cm³/mol. The zero-order chi connectivity index (χ0) is 12.3. The molecule has 0 aliphatic rings. The van der Waals surface area contributed by atoms with Crippen molar-refractivity contribution in [1.82, 2.24) is 4.98 Å². The van der Waals surface area contributed by atoms with Crippen LogP contribution in [0.15, 0.2) is 36.5 Å². The van der Waals surface area contributed by atoms with Crippen LogP contribution in [0.1, 0.15) is 16.8 Å². The van der Waals surface area contributed by atoms with E-state index in [9.17, 15) is 0 Å². The quantitative estimate of drug-likeness (QED) is 0.791. The molecular weight excluding hydrogens is 210 g/mol. The van der Waals surface area contributed by atoms with Crippen LogP contribution in [0.2, 0.25) is 0 Å². The van der Waals surface area contributed by atoms with E-state index in [0.717, 1.165) is 18.5 Å². The number of nitrogens with zero attached hydrogens (tertiary/aromatic N) is 1. The van der Waals surface area contributed by atoms with E-state index in [2.05, 4.69) is 18.0 Å². The zero-order valence-electron chi connectivity index (χ0n) is 9.98. The first-order chi connectivity index (χ1) is 8.16. The number of nitrogen functional groups attached to an aromatic ring is 2. The van der Waals surface area contributed by atoms with Crippen molar-refractivity contribution >= 4 is 11.4 Å². The second kappa shape index (κ2) is 4.87. The summed E-state index contributed by atoms with van der Waals surface area (Å²) in [6.07, 6.45) is 3.69. The van der Waals surface area contributed by atoms with Crippen LogP contribution in [-0.4, -0.2) is 4.98 Å². The third kappa shape index (κ3) is 2.75. The summed E-state index contributed by atoms with van der Waals surface area (Å²) in [4.78, 5) is 4.38. The summed E-state index contributed by atoms with van der Waals surface area (Å²) in [5, 5.41) is 0. The highest BCUT2D eigenvalue weighted by atomic mass is 14.7. The number of pyridine rings is 1. The Kier molecular flexibility index (Phi) is 3.28. The van der Waals surface area contributed by atoms with Gasteiger partial charge in [-0.1, -0.05) is 12.1 Å². The Balaban J connectivity index is 2.08.